The van der Waals surface area contributed by atoms with Gasteiger partial charge in [0.05, 0.1) is 23.8 Å². The summed E-state index contributed by atoms with van der Waals surface area (Å²) in [5.74, 6) is -1.03. The van der Waals surface area contributed by atoms with E-state index in [0.29, 0.717) is 28.6 Å². The maximum atomic E-state index is 13.1. The number of ether oxygens (including phenoxy) is 1. The van der Waals surface area contributed by atoms with Gasteiger partial charge in [0.1, 0.15) is 10.8 Å². The van der Waals surface area contributed by atoms with Gasteiger partial charge >= 0.3 is 0 Å². The molecule has 3 amide bonds. The maximum absolute atomic E-state index is 13.1. The minimum Gasteiger partial charge on any atom is -0.492 e. The van der Waals surface area contributed by atoms with Gasteiger partial charge in [-0.3, -0.25) is 14.4 Å². The number of thiophene rings is 1. The molecule has 1 unspecified atom stereocenters. The first-order chi connectivity index (χ1) is 15.9. The normalized spacial score (nSPS) is 15.5. The third-order valence-electron chi connectivity index (χ3n) is 5.58. The molecule has 2 aromatic carbocycles. The molecule has 0 saturated carbocycles. The molecular weight excluding hydrogens is 438 g/mol. The predicted octanol–water partition coefficient (Wildman–Crippen LogP) is 4.21. The third-order valence-corrected chi connectivity index (χ3v) is 6.60. The first kappa shape index (κ1) is 22.5. The average molecular weight is 464 g/mol. The summed E-state index contributed by atoms with van der Waals surface area (Å²) in [4.78, 5) is 40.6. The lowest BCUT2D eigenvalue weighted by Crippen LogP contribution is -2.28. The second-order valence-electron chi connectivity index (χ2n) is 7.76. The fourth-order valence-electron chi connectivity index (χ4n) is 4.11. The Morgan fingerprint density at radius 1 is 1.15 bits per heavy atom. The number of nitrogens with zero attached hydrogens (tertiary/aromatic N) is 1. The zero-order chi connectivity index (χ0) is 23.5. The monoisotopic (exact) mass is 463 g/mol. The molecule has 0 radical (unpaired) electrons. The number of nitrogens with two attached hydrogens (primary N) is 1. The van der Waals surface area contributed by atoms with E-state index in [1.165, 1.54) is 11.3 Å². The lowest BCUT2D eigenvalue weighted by Gasteiger charge is -2.20. The van der Waals surface area contributed by atoms with Crippen LogP contribution in [-0.2, 0) is 9.59 Å². The highest BCUT2D eigenvalue weighted by Crippen LogP contribution is 2.40. The summed E-state index contributed by atoms with van der Waals surface area (Å²) in [5, 5.41) is 3.27. The van der Waals surface area contributed by atoms with Gasteiger partial charge in [0, 0.05) is 23.4 Å². The molecule has 1 fully saturated rings. The molecule has 0 bridgehead atoms. The molecule has 0 aliphatic carbocycles. The fraction of sp³-hybridized carbons (Fsp3) is 0.240. The Balaban J connectivity index is 1.58. The minimum atomic E-state index is -0.608. The van der Waals surface area contributed by atoms with E-state index in [1.807, 2.05) is 62.4 Å². The number of primary amides is 1. The fourth-order valence-corrected chi connectivity index (χ4v) is 5.19. The van der Waals surface area contributed by atoms with Gasteiger partial charge in [-0.05, 0) is 31.5 Å². The molecule has 1 aromatic heterocycles. The predicted molar refractivity (Wildman–Crippen MR) is 130 cm³/mol. The molecule has 3 aromatic rings. The summed E-state index contributed by atoms with van der Waals surface area (Å²) in [6, 6.07) is 16.7. The minimum absolute atomic E-state index is 0.0775. The third kappa shape index (κ3) is 4.47. The summed E-state index contributed by atoms with van der Waals surface area (Å²) in [5.41, 5.74) is 8.22. The summed E-state index contributed by atoms with van der Waals surface area (Å²) in [6.45, 7) is 4.47. The molecule has 3 N–H and O–H groups in total. The molecule has 170 valence electrons. The van der Waals surface area contributed by atoms with Crippen molar-refractivity contribution in [1.29, 1.82) is 0 Å². The number of nitrogens with one attached hydrogen (secondary N) is 1. The Bertz CT molecular complexity index is 1210. The van der Waals surface area contributed by atoms with Crippen molar-refractivity contribution in [1.82, 2.24) is 0 Å². The van der Waals surface area contributed by atoms with Crippen LogP contribution in [0.15, 0.2) is 54.6 Å². The second-order valence-corrected chi connectivity index (χ2v) is 8.99. The largest absolute Gasteiger partial charge is 0.492 e. The van der Waals surface area contributed by atoms with Crippen molar-refractivity contribution in [3.05, 3.63) is 65.0 Å². The quantitative estimate of drug-likeness (QED) is 0.548. The van der Waals surface area contributed by atoms with Gasteiger partial charge in [0.2, 0.25) is 11.8 Å². The number of rotatable bonds is 7. The number of benzene rings is 2. The standard InChI is InChI=1S/C25H25N3O4S/c1-3-32-19-12-8-7-11-18(19)28-14-17(13-20(28)29)24(31)27-25-22(23(26)30)21(15(2)33-25)16-9-5-4-6-10-16/h4-12,17H,3,13-14H2,1-2H3,(H2,26,30)(H,27,31). The molecule has 1 aliphatic rings. The van der Waals surface area contributed by atoms with E-state index in [-0.39, 0.29) is 24.8 Å². The number of amides is 3. The Morgan fingerprint density at radius 3 is 2.55 bits per heavy atom. The van der Waals surface area contributed by atoms with Crippen molar-refractivity contribution in [2.45, 2.75) is 20.3 Å². The molecular formula is C25H25N3O4S. The highest BCUT2D eigenvalue weighted by molar-refractivity contribution is 7.17. The van der Waals surface area contributed by atoms with Crippen LogP contribution in [0.1, 0.15) is 28.6 Å². The Kier molecular flexibility index (Phi) is 6.46. The van der Waals surface area contributed by atoms with Crippen LogP contribution in [0.3, 0.4) is 0 Å². The van der Waals surface area contributed by atoms with Crippen LogP contribution in [0.2, 0.25) is 0 Å². The number of carbonyl (C=O) groups excluding carboxylic acids is 3. The summed E-state index contributed by atoms with van der Waals surface area (Å²) >= 11 is 1.31. The second kappa shape index (κ2) is 9.46. The zero-order valence-electron chi connectivity index (χ0n) is 18.5. The first-order valence-corrected chi connectivity index (χ1v) is 11.5. The molecule has 1 aliphatic heterocycles. The van der Waals surface area contributed by atoms with Crippen LogP contribution in [0.25, 0.3) is 11.1 Å². The molecule has 2 heterocycles. The van der Waals surface area contributed by atoms with E-state index >= 15 is 0 Å². The molecule has 8 heteroatoms. The number of aryl methyl sites for hydroxylation is 1. The van der Waals surface area contributed by atoms with Crippen LogP contribution >= 0.6 is 11.3 Å². The Labute approximate surface area is 196 Å². The smallest absolute Gasteiger partial charge is 0.252 e. The number of carbonyl (C=O) groups is 3. The van der Waals surface area contributed by atoms with E-state index in [9.17, 15) is 14.4 Å². The van der Waals surface area contributed by atoms with Crippen LogP contribution in [-0.4, -0.2) is 30.9 Å². The molecule has 33 heavy (non-hydrogen) atoms. The van der Waals surface area contributed by atoms with Gasteiger partial charge in [-0.1, -0.05) is 42.5 Å². The van der Waals surface area contributed by atoms with Gasteiger partial charge in [-0.2, -0.15) is 0 Å². The maximum Gasteiger partial charge on any atom is 0.252 e. The number of anilines is 2. The van der Waals surface area contributed by atoms with E-state index in [4.69, 9.17) is 10.5 Å². The summed E-state index contributed by atoms with van der Waals surface area (Å²) in [6.07, 6.45) is 0.0775. The highest BCUT2D eigenvalue weighted by atomic mass is 32.1. The number of para-hydroxylation sites is 2. The summed E-state index contributed by atoms with van der Waals surface area (Å²) in [7, 11) is 0. The van der Waals surface area contributed by atoms with Crippen molar-refractivity contribution < 1.29 is 19.1 Å². The van der Waals surface area contributed by atoms with Gasteiger partial charge in [-0.25, -0.2) is 0 Å². The molecule has 1 saturated heterocycles. The Hall–Kier alpha value is -3.65. The first-order valence-electron chi connectivity index (χ1n) is 10.7. The van der Waals surface area contributed by atoms with Gasteiger partial charge in [-0.15, -0.1) is 11.3 Å². The van der Waals surface area contributed by atoms with Crippen LogP contribution in [0, 0.1) is 12.8 Å². The van der Waals surface area contributed by atoms with Crippen LogP contribution in [0.4, 0.5) is 10.7 Å². The topological polar surface area (TPSA) is 102 Å². The van der Waals surface area contributed by atoms with Gasteiger partial charge in [0.25, 0.3) is 5.91 Å². The SMILES string of the molecule is CCOc1ccccc1N1CC(C(=O)Nc2sc(C)c(-c3ccccc3)c2C(N)=O)CC1=O. The molecule has 0 spiro atoms. The van der Waals surface area contributed by atoms with E-state index < -0.39 is 11.8 Å². The number of hydrogen-bond acceptors (Lipinski definition) is 5. The van der Waals surface area contributed by atoms with Crippen LogP contribution < -0.4 is 20.7 Å². The molecule has 1 atom stereocenters. The van der Waals surface area contributed by atoms with Crippen molar-refractivity contribution in [2.24, 2.45) is 11.7 Å². The molecule has 4 rings (SSSR count). The van der Waals surface area contributed by atoms with Gasteiger partial charge in [0.15, 0.2) is 0 Å². The number of hydrogen-bond donors (Lipinski definition) is 2. The Morgan fingerprint density at radius 2 is 1.85 bits per heavy atom. The lowest BCUT2D eigenvalue weighted by molar-refractivity contribution is -0.122. The summed E-state index contributed by atoms with van der Waals surface area (Å²) < 4.78 is 5.65. The average Bonchev–Trinajstić information content (AvgIpc) is 3.34. The van der Waals surface area contributed by atoms with E-state index in [1.54, 1.807) is 11.0 Å². The van der Waals surface area contributed by atoms with Crippen molar-refractivity contribution >= 4 is 39.7 Å². The van der Waals surface area contributed by atoms with E-state index in [0.717, 1.165) is 16.0 Å². The van der Waals surface area contributed by atoms with Gasteiger partial charge < -0.3 is 20.7 Å². The van der Waals surface area contributed by atoms with Crippen molar-refractivity contribution in [2.75, 3.05) is 23.4 Å². The lowest BCUT2D eigenvalue weighted by atomic mass is 10.0. The molecule has 7 nitrogen and oxygen atoms in total. The van der Waals surface area contributed by atoms with E-state index in [2.05, 4.69) is 5.32 Å². The van der Waals surface area contributed by atoms with Crippen molar-refractivity contribution in [3.63, 3.8) is 0 Å². The van der Waals surface area contributed by atoms with Crippen LogP contribution in [0.5, 0.6) is 5.75 Å². The zero-order valence-corrected chi connectivity index (χ0v) is 19.3. The van der Waals surface area contributed by atoms with Crippen molar-refractivity contribution in [3.8, 4) is 16.9 Å². The highest BCUT2D eigenvalue weighted by Gasteiger charge is 2.37.